The molecule has 1 heterocycles. The minimum absolute atomic E-state index is 1.29. The van der Waals surface area contributed by atoms with Gasteiger partial charge < -0.3 is 0 Å². The Morgan fingerprint density at radius 2 is 1.92 bits per heavy atom. The first-order valence-electron chi connectivity index (χ1n) is 3.85. The van der Waals surface area contributed by atoms with Gasteiger partial charge in [-0.2, -0.15) is 4.57 Å². The molecular formula is C10H10NS+. The summed E-state index contributed by atoms with van der Waals surface area (Å²) in [5, 5.41) is 0. The fourth-order valence-corrected chi connectivity index (χ4v) is 1.97. The molecule has 0 aliphatic carbocycles. The molecule has 1 aromatic carbocycles. The van der Waals surface area contributed by atoms with Crippen molar-refractivity contribution in [2.75, 3.05) is 0 Å². The Kier molecular flexibility index (Phi) is 1.92. The number of aromatic nitrogens is 1. The molecule has 0 saturated carbocycles. The molecule has 0 radical (unpaired) electrons. The van der Waals surface area contributed by atoms with Crippen LogP contribution in [0.1, 0.15) is 0 Å². The molecule has 12 heavy (non-hydrogen) atoms. The van der Waals surface area contributed by atoms with E-state index in [-0.39, 0.29) is 0 Å². The molecule has 0 fully saturated rings. The molecule has 60 valence electrons. The Balaban J connectivity index is 2.45. The molecule has 1 aromatic heterocycles. The lowest BCUT2D eigenvalue weighted by atomic mass is 10.2. The Labute approximate surface area is 75.9 Å². The maximum atomic E-state index is 2.14. The van der Waals surface area contributed by atoms with Crippen molar-refractivity contribution in [2.45, 2.75) is 0 Å². The summed E-state index contributed by atoms with van der Waals surface area (Å²) in [6.45, 7) is 0. The van der Waals surface area contributed by atoms with Crippen LogP contribution < -0.4 is 4.57 Å². The van der Waals surface area contributed by atoms with Gasteiger partial charge in [0.1, 0.15) is 11.9 Å². The summed E-state index contributed by atoms with van der Waals surface area (Å²) in [6, 6.07) is 10.4. The third kappa shape index (κ3) is 1.38. The van der Waals surface area contributed by atoms with E-state index in [4.69, 9.17) is 0 Å². The summed E-state index contributed by atoms with van der Waals surface area (Å²) in [5.74, 6) is 0. The molecule has 0 spiro atoms. The number of thiazole rings is 1. The minimum atomic E-state index is 1.29. The highest BCUT2D eigenvalue weighted by atomic mass is 32.1. The quantitative estimate of drug-likeness (QED) is 0.587. The largest absolute Gasteiger partial charge is 0.225 e. The average Bonchev–Trinajstić information content (AvgIpc) is 2.54. The third-order valence-electron chi connectivity index (χ3n) is 1.73. The van der Waals surface area contributed by atoms with Crippen LogP contribution in [-0.2, 0) is 7.05 Å². The van der Waals surface area contributed by atoms with E-state index >= 15 is 0 Å². The van der Waals surface area contributed by atoms with E-state index in [1.165, 1.54) is 10.4 Å². The first kappa shape index (κ1) is 7.50. The summed E-state index contributed by atoms with van der Waals surface area (Å²) in [7, 11) is 2.04. The highest BCUT2D eigenvalue weighted by Crippen LogP contribution is 2.20. The SMILES string of the molecule is C[n+]1csc(-c2ccccc2)c1. The molecule has 0 bridgehead atoms. The van der Waals surface area contributed by atoms with Gasteiger partial charge in [-0.3, -0.25) is 0 Å². The van der Waals surface area contributed by atoms with Gasteiger partial charge in [0.15, 0.2) is 6.20 Å². The zero-order valence-corrected chi connectivity index (χ0v) is 7.71. The first-order valence-corrected chi connectivity index (χ1v) is 4.73. The maximum Gasteiger partial charge on any atom is 0.225 e. The second kappa shape index (κ2) is 3.07. The van der Waals surface area contributed by atoms with Crippen molar-refractivity contribution in [1.29, 1.82) is 0 Å². The van der Waals surface area contributed by atoms with Crippen molar-refractivity contribution in [3.8, 4) is 10.4 Å². The van der Waals surface area contributed by atoms with Crippen molar-refractivity contribution in [2.24, 2.45) is 7.05 Å². The number of benzene rings is 1. The molecular weight excluding hydrogens is 166 g/mol. The van der Waals surface area contributed by atoms with Crippen LogP contribution in [0.2, 0.25) is 0 Å². The van der Waals surface area contributed by atoms with Crippen molar-refractivity contribution in [3.63, 3.8) is 0 Å². The highest BCUT2D eigenvalue weighted by molar-refractivity contribution is 7.12. The number of rotatable bonds is 1. The molecule has 0 atom stereocenters. The van der Waals surface area contributed by atoms with Gasteiger partial charge in [0, 0.05) is 0 Å². The van der Waals surface area contributed by atoms with Gasteiger partial charge in [0.05, 0.1) is 0 Å². The number of aryl methyl sites for hydroxylation is 1. The molecule has 1 nitrogen and oxygen atoms in total. The number of hydrogen-bond acceptors (Lipinski definition) is 1. The van der Waals surface area contributed by atoms with E-state index in [1.807, 2.05) is 13.1 Å². The molecule has 0 amide bonds. The Bertz CT molecular complexity index is 364. The van der Waals surface area contributed by atoms with E-state index in [0.29, 0.717) is 0 Å². The van der Waals surface area contributed by atoms with E-state index in [2.05, 4.69) is 40.5 Å². The van der Waals surface area contributed by atoms with Gasteiger partial charge in [0.2, 0.25) is 5.51 Å². The fourth-order valence-electron chi connectivity index (χ4n) is 1.13. The Morgan fingerprint density at radius 3 is 2.50 bits per heavy atom. The zero-order valence-electron chi connectivity index (χ0n) is 6.90. The predicted octanol–water partition coefficient (Wildman–Crippen LogP) is 2.24. The molecule has 2 heteroatoms. The third-order valence-corrected chi connectivity index (χ3v) is 2.76. The van der Waals surface area contributed by atoms with E-state index in [0.717, 1.165) is 0 Å². The van der Waals surface area contributed by atoms with Crippen LogP contribution in [0.15, 0.2) is 42.0 Å². The van der Waals surface area contributed by atoms with Crippen LogP contribution in [0.3, 0.4) is 0 Å². The van der Waals surface area contributed by atoms with Crippen molar-refractivity contribution in [3.05, 3.63) is 42.0 Å². The van der Waals surface area contributed by atoms with Crippen LogP contribution in [0.5, 0.6) is 0 Å². The smallest absolute Gasteiger partial charge is 0.197 e. The van der Waals surface area contributed by atoms with Gasteiger partial charge in [-0.15, -0.1) is 0 Å². The lowest BCUT2D eigenvalue weighted by Crippen LogP contribution is -2.22. The van der Waals surface area contributed by atoms with Gasteiger partial charge in [0.25, 0.3) is 0 Å². The maximum absolute atomic E-state index is 2.14. The van der Waals surface area contributed by atoms with Crippen LogP contribution >= 0.6 is 11.3 Å². The minimum Gasteiger partial charge on any atom is -0.197 e. The molecule has 0 unspecified atom stereocenters. The zero-order chi connectivity index (χ0) is 8.39. The van der Waals surface area contributed by atoms with Crippen molar-refractivity contribution in [1.82, 2.24) is 0 Å². The molecule has 2 aromatic rings. The van der Waals surface area contributed by atoms with Crippen LogP contribution in [-0.4, -0.2) is 0 Å². The van der Waals surface area contributed by atoms with Gasteiger partial charge >= 0.3 is 0 Å². The van der Waals surface area contributed by atoms with Crippen LogP contribution in [0, 0.1) is 0 Å². The number of nitrogens with zero attached hydrogens (tertiary/aromatic N) is 1. The summed E-state index contributed by atoms with van der Waals surface area (Å²) in [5.41, 5.74) is 3.39. The number of hydrogen-bond donors (Lipinski definition) is 0. The predicted molar refractivity (Wildman–Crippen MR) is 50.9 cm³/mol. The summed E-state index contributed by atoms with van der Waals surface area (Å²) >= 11 is 1.77. The second-order valence-electron chi connectivity index (χ2n) is 2.75. The first-order chi connectivity index (χ1) is 5.86. The van der Waals surface area contributed by atoms with Gasteiger partial charge in [-0.1, -0.05) is 41.7 Å². The fraction of sp³-hybridized carbons (Fsp3) is 0.100. The second-order valence-corrected chi connectivity index (χ2v) is 3.63. The summed E-state index contributed by atoms with van der Waals surface area (Å²) in [6.07, 6.45) is 2.14. The molecule has 0 saturated heterocycles. The van der Waals surface area contributed by atoms with Crippen molar-refractivity contribution >= 4 is 11.3 Å². The van der Waals surface area contributed by atoms with E-state index in [9.17, 15) is 0 Å². The lowest BCUT2D eigenvalue weighted by Gasteiger charge is -1.90. The molecule has 0 aliphatic heterocycles. The Morgan fingerprint density at radius 1 is 1.17 bits per heavy atom. The monoisotopic (exact) mass is 176 g/mol. The molecule has 0 aliphatic rings. The van der Waals surface area contributed by atoms with Crippen LogP contribution in [0.4, 0.5) is 0 Å². The molecule has 2 rings (SSSR count). The van der Waals surface area contributed by atoms with E-state index in [1.54, 1.807) is 11.3 Å². The van der Waals surface area contributed by atoms with Crippen molar-refractivity contribution < 1.29 is 4.57 Å². The van der Waals surface area contributed by atoms with E-state index < -0.39 is 0 Å². The van der Waals surface area contributed by atoms with Crippen LogP contribution in [0.25, 0.3) is 10.4 Å². The topological polar surface area (TPSA) is 3.88 Å². The van der Waals surface area contributed by atoms with Gasteiger partial charge in [-0.05, 0) is 5.56 Å². The highest BCUT2D eigenvalue weighted by Gasteiger charge is 2.03. The summed E-state index contributed by atoms with van der Waals surface area (Å²) < 4.78 is 2.08. The molecule has 0 N–H and O–H groups in total. The average molecular weight is 176 g/mol. The normalized spacial score (nSPS) is 10.1. The standard InChI is InChI=1S/C10H10NS/c1-11-7-10(12-8-11)9-5-3-2-4-6-9/h2-8H,1H3/q+1. The lowest BCUT2D eigenvalue weighted by molar-refractivity contribution is -0.666. The van der Waals surface area contributed by atoms with Gasteiger partial charge in [-0.25, -0.2) is 0 Å². The summed E-state index contributed by atoms with van der Waals surface area (Å²) in [4.78, 5) is 1.32. The Hall–Kier alpha value is -1.15.